The SMILES string of the molecule is CCC1CN(C(=O)c2c(C)cc(CCc3c[nH]c4ccccc34)oc2=O)CCO1. The van der Waals surface area contributed by atoms with Crippen molar-refractivity contribution in [3.63, 3.8) is 0 Å². The summed E-state index contributed by atoms with van der Waals surface area (Å²) in [5.74, 6) is 0.337. The highest BCUT2D eigenvalue weighted by atomic mass is 16.5. The highest BCUT2D eigenvalue weighted by Crippen LogP contribution is 2.20. The van der Waals surface area contributed by atoms with Gasteiger partial charge in [0.2, 0.25) is 0 Å². The van der Waals surface area contributed by atoms with Crippen molar-refractivity contribution in [2.45, 2.75) is 39.2 Å². The van der Waals surface area contributed by atoms with Crippen molar-refractivity contribution in [2.24, 2.45) is 0 Å². The lowest BCUT2D eigenvalue weighted by Gasteiger charge is -2.32. The molecule has 6 heteroatoms. The van der Waals surface area contributed by atoms with Gasteiger partial charge in [-0.25, -0.2) is 4.79 Å². The first kappa shape index (κ1) is 19.5. The van der Waals surface area contributed by atoms with Crippen LogP contribution in [0, 0.1) is 6.92 Å². The van der Waals surface area contributed by atoms with E-state index in [0.29, 0.717) is 37.4 Å². The second kappa shape index (κ2) is 8.25. The summed E-state index contributed by atoms with van der Waals surface area (Å²) in [6, 6.07) is 9.95. The first-order chi connectivity index (χ1) is 14.1. The predicted molar refractivity (Wildman–Crippen MR) is 111 cm³/mol. The maximum atomic E-state index is 12.9. The number of hydrogen-bond acceptors (Lipinski definition) is 4. The summed E-state index contributed by atoms with van der Waals surface area (Å²) >= 11 is 0. The minimum absolute atomic E-state index is 0.0236. The number of amides is 1. The number of aryl methyl sites for hydroxylation is 3. The minimum atomic E-state index is -0.552. The molecule has 1 atom stereocenters. The molecule has 152 valence electrons. The fraction of sp³-hybridized carbons (Fsp3) is 0.391. The molecule has 0 saturated carbocycles. The van der Waals surface area contributed by atoms with Crippen LogP contribution in [0.5, 0.6) is 0 Å². The van der Waals surface area contributed by atoms with Crippen LogP contribution in [0.15, 0.2) is 45.7 Å². The van der Waals surface area contributed by atoms with E-state index in [0.717, 1.165) is 18.4 Å². The van der Waals surface area contributed by atoms with Gasteiger partial charge in [-0.1, -0.05) is 25.1 Å². The van der Waals surface area contributed by atoms with Gasteiger partial charge in [0.1, 0.15) is 11.3 Å². The molecule has 0 bridgehead atoms. The zero-order chi connectivity index (χ0) is 20.4. The Balaban J connectivity index is 1.51. The topological polar surface area (TPSA) is 75.5 Å². The summed E-state index contributed by atoms with van der Waals surface area (Å²) in [4.78, 5) is 30.5. The Kier molecular flexibility index (Phi) is 5.53. The molecule has 1 aromatic carbocycles. The van der Waals surface area contributed by atoms with Crippen molar-refractivity contribution >= 4 is 16.8 Å². The number of H-pyrrole nitrogens is 1. The van der Waals surface area contributed by atoms with Gasteiger partial charge in [-0.3, -0.25) is 4.79 Å². The van der Waals surface area contributed by atoms with Crippen LogP contribution < -0.4 is 5.63 Å². The van der Waals surface area contributed by atoms with E-state index in [-0.39, 0.29) is 17.6 Å². The van der Waals surface area contributed by atoms with Crippen molar-refractivity contribution < 1.29 is 13.9 Å². The normalized spacial score (nSPS) is 17.0. The molecule has 1 unspecified atom stereocenters. The molecule has 3 heterocycles. The number of para-hydroxylation sites is 1. The Morgan fingerprint density at radius 2 is 2.10 bits per heavy atom. The average molecular weight is 394 g/mol. The molecular formula is C23H26N2O4. The monoisotopic (exact) mass is 394 g/mol. The van der Waals surface area contributed by atoms with E-state index in [9.17, 15) is 9.59 Å². The van der Waals surface area contributed by atoms with Crippen LogP contribution in [0.3, 0.4) is 0 Å². The van der Waals surface area contributed by atoms with E-state index in [2.05, 4.69) is 11.1 Å². The smallest absolute Gasteiger partial charge is 0.349 e. The van der Waals surface area contributed by atoms with Gasteiger partial charge in [-0.2, -0.15) is 0 Å². The van der Waals surface area contributed by atoms with Gasteiger partial charge in [-0.15, -0.1) is 0 Å². The molecular weight excluding hydrogens is 368 g/mol. The molecule has 1 amide bonds. The van der Waals surface area contributed by atoms with Crippen LogP contribution in [0.1, 0.15) is 40.6 Å². The number of rotatable bonds is 5. The largest absolute Gasteiger partial charge is 0.427 e. The molecule has 0 spiro atoms. The van der Waals surface area contributed by atoms with Gasteiger partial charge in [0, 0.05) is 36.6 Å². The Morgan fingerprint density at radius 1 is 1.28 bits per heavy atom. The molecule has 2 aromatic heterocycles. The van der Waals surface area contributed by atoms with E-state index in [1.807, 2.05) is 37.4 Å². The quantitative estimate of drug-likeness (QED) is 0.719. The van der Waals surface area contributed by atoms with E-state index in [4.69, 9.17) is 9.15 Å². The molecule has 1 fully saturated rings. The zero-order valence-electron chi connectivity index (χ0n) is 16.9. The first-order valence-electron chi connectivity index (χ1n) is 10.2. The van der Waals surface area contributed by atoms with E-state index >= 15 is 0 Å². The van der Waals surface area contributed by atoms with E-state index in [1.165, 1.54) is 10.9 Å². The van der Waals surface area contributed by atoms with Gasteiger partial charge in [-0.05, 0) is 43.0 Å². The molecule has 4 rings (SSSR count). The molecule has 1 aliphatic heterocycles. The summed E-state index contributed by atoms with van der Waals surface area (Å²) < 4.78 is 11.1. The van der Waals surface area contributed by atoms with Crippen LogP contribution >= 0.6 is 0 Å². The summed E-state index contributed by atoms with van der Waals surface area (Å²) in [6.07, 6.45) is 4.21. The van der Waals surface area contributed by atoms with Crippen LogP contribution in [0.25, 0.3) is 10.9 Å². The predicted octanol–water partition coefficient (Wildman–Crippen LogP) is 3.47. The third-order valence-electron chi connectivity index (χ3n) is 5.61. The number of benzene rings is 1. The number of morpholine rings is 1. The molecule has 3 aromatic rings. The zero-order valence-corrected chi connectivity index (χ0v) is 16.9. The van der Waals surface area contributed by atoms with Crippen LogP contribution in [-0.2, 0) is 17.6 Å². The Morgan fingerprint density at radius 3 is 2.90 bits per heavy atom. The van der Waals surface area contributed by atoms with Gasteiger partial charge >= 0.3 is 5.63 Å². The second-order valence-electron chi connectivity index (χ2n) is 7.57. The minimum Gasteiger partial charge on any atom is -0.427 e. The molecule has 0 radical (unpaired) electrons. The van der Waals surface area contributed by atoms with E-state index in [1.54, 1.807) is 11.8 Å². The fourth-order valence-corrected chi connectivity index (χ4v) is 3.96. The van der Waals surface area contributed by atoms with Crippen molar-refractivity contribution in [1.29, 1.82) is 0 Å². The summed E-state index contributed by atoms with van der Waals surface area (Å²) in [6.45, 7) is 5.34. The Bertz CT molecular complexity index is 1080. The number of nitrogens with zero attached hydrogens (tertiary/aromatic N) is 1. The van der Waals surface area contributed by atoms with Crippen molar-refractivity contribution in [2.75, 3.05) is 19.7 Å². The van der Waals surface area contributed by atoms with Gasteiger partial charge in [0.05, 0.1) is 12.7 Å². The average Bonchev–Trinajstić information content (AvgIpc) is 3.15. The fourth-order valence-electron chi connectivity index (χ4n) is 3.96. The molecule has 1 aliphatic rings. The first-order valence-corrected chi connectivity index (χ1v) is 10.2. The van der Waals surface area contributed by atoms with Crippen molar-refractivity contribution in [3.05, 3.63) is 69.4 Å². The van der Waals surface area contributed by atoms with Crippen molar-refractivity contribution in [3.8, 4) is 0 Å². The number of ether oxygens (including phenoxy) is 1. The maximum Gasteiger partial charge on any atom is 0.349 e. The lowest BCUT2D eigenvalue weighted by molar-refractivity contribution is -0.0228. The van der Waals surface area contributed by atoms with Crippen LogP contribution in [0.2, 0.25) is 0 Å². The van der Waals surface area contributed by atoms with Gasteiger partial charge in [0.25, 0.3) is 5.91 Å². The Hall–Kier alpha value is -2.86. The van der Waals surface area contributed by atoms with E-state index < -0.39 is 5.63 Å². The summed E-state index contributed by atoms with van der Waals surface area (Å²) in [7, 11) is 0. The summed E-state index contributed by atoms with van der Waals surface area (Å²) in [5, 5.41) is 1.18. The maximum absolute atomic E-state index is 12.9. The third-order valence-corrected chi connectivity index (χ3v) is 5.61. The number of nitrogens with one attached hydrogen (secondary N) is 1. The van der Waals surface area contributed by atoms with Crippen LogP contribution in [-0.4, -0.2) is 41.6 Å². The third kappa shape index (κ3) is 3.98. The lowest BCUT2D eigenvalue weighted by atomic mass is 10.0. The molecule has 1 N–H and O–H groups in total. The van der Waals surface area contributed by atoms with Crippen LogP contribution in [0.4, 0.5) is 0 Å². The number of aromatic nitrogens is 1. The molecule has 29 heavy (non-hydrogen) atoms. The highest BCUT2D eigenvalue weighted by Gasteiger charge is 2.27. The highest BCUT2D eigenvalue weighted by molar-refractivity contribution is 5.95. The molecule has 1 saturated heterocycles. The Labute approximate surface area is 169 Å². The number of fused-ring (bicyclic) bond motifs is 1. The van der Waals surface area contributed by atoms with Gasteiger partial charge in [0.15, 0.2) is 0 Å². The number of carbonyl (C=O) groups is 1. The summed E-state index contributed by atoms with van der Waals surface area (Å²) in [5.41, 5.74) is 2.53. The molecule has 6 nitrogen and oxygen atoms in total. The number of carbonyl (C=O) groups excluding carboxylic acids is 1. The number of aromatic amines is 1. The van der Waals surface area contributed by atoms with Gasteiger partial charge < -0.3 is 19.0 Å². The molecule has 0 aliphatic carbocycles. The second-order valence-corrected chi connectivity index (χ2v) is 7.57. The standard InChI is InChI=1S/C23H26N2O4/c1-3-17-14-25(10-11-28-17)22(26)21-15(2)12-18(29-23(21)27)9-8-16-13-24-20-7-5-4-6-19(16)20/h4-7,12-13,17,24H,3,8-11,14H2,1-2H3. The van der Waals surface area contributed by atoms with Crippen molar-refractivity contribution in [1.82, 2.24) is 9.88 Å². The lowest BCUT2D eigenvalue weighted by Crippen LogP contribution is -2.46. The number of hydrogen-bond donors (Lipinski definition) is 1.